The molecule has 0 unspecified atom stereocenters. The predicted molar refractivity (Wildman–Crippen MR) is 66.2 cm³/mol. The standard InChI is InChI=1S/C14H16O2/c1-4-16-14(15)13-8-6-5-7-12(13)10-9-11(2)3/h5-10H,2,4H2,1,3H3. The van der Waals surface area contributed by atoms with Crippen LogP contribution in [0.25, 0.3) is 6.08 Å². The maximum Gasteiger partial charge on any atom is 0.338 e. The van der Waals surface area contributed by atoms with Crippen LogP contribution < -0.4 is 0 Å². The summed E-state index contributed by atoms with van der Waals surface area (Å²) < 4.78 is 4.98. The van der Waals surface area contributed by atoms with Gasteiger partial charge in [-0.25, -0.2) is 4.79 Å². The number of carbonyl (C=O) groups excluding carboxylic acids is 1. The minimum Gasteiger partial charge on any atom is -0.462 e. The molecule has 0 aliphatic heterocycles. The van der Waals surface area contributed by atoms with Gasteiger partial charge in [-0.1, -0.05) is 42.5 Å². The van der Waals surface area contributed by atoms with Crippen molar-refractivity contribution in [2.24, 2.45) is 0 Å². The average molecular weight is 216 g/mol. The van der Waals surface area contributed by atoms with Crippen LogP contribution >= 0.6 is 0 Å². The molecule has 0 aliphatic carbocycles. The van der Waals surface area contributed by atoms with Crippen molar-refractivity contribution in [1.29, 1.82) is 0 Å². The molecule has 0 heterocycles. The van der Waals surface area contributed by atoms with Crippen molar-refractivity contribution in [2.45, 2.75) is 13.8 Å². The van der Waals surface area contributed by atoms with E-state index in [1.54, 1.807) is 13.0 Å². The SMILES string of the molecule is C=C(C)C=Cc1ccccc1C(=O)OCC. The van der Waals surface area contributed by atoms with Crippen molar-refractivity contribution in [2.75, 3.05) is 6.61 Å². The van der Waals surface area contributed by atoms with Gasteiger partial charge in [0.25, 0.3) is 0 Å². The lowest BCUT2D eigenvalue weighted by Crippen LogP contribution is -2.06. The van der Waals surface area contributed by atoms with Crippen LogP contribution in [0.4, 0.5) is 0 Å². The van der Waals surface area contributed by atoms with Gasteiger partial charge >= 0.3 is 5.97 Å². The van der Waals surface area contributed by atoms with Crippen LogP contribution in [0.5, 0.6) is 0 Å². The molecule has 0 saturated carbocycles. The highest BCUT2D eigenvalue weighted by atomic mass is 16.5. The summed E-state index contributed by atoms with van der Waals surface area (Å²) in [6, 6.07) is 7.35. The summed E-state index contributed by atoms with van der Waals surface area (Å²) >= 11 is 0. The Bertz CT molecular complexity index is 416. The summed E-state index contributed by atoms with van der Waals surface area (Å²) in [6.07, 6.45) is 3.74. The lowest BCUT2D eigenvalue weighted by Gasteiger charge is -2.04. The molecule has 1 rings (SSSR count). The second kappa shape index (κ2) is 5.91. The normalized spacial score (nSPS) is 10.4. The molecule has 0 aliphatic rings. The molecule has 2 nitrogen and oxygen atoms in total. The highest BCUT2D eigenvalue weighted by Gasteiger charge is 2.09. The lowest BCUT2D eigenvalue weighted by atomic mass is 10.1. The van der Waals surface area contributed by atoms with Crippen LogP contribution in [0.15, 0.2) is 42.5 Å². The van der Waals surface area contributed by atoms with Crippen LogP contribution in [-0.4, -0.2) is 12.6 Å². The van der Waals surface area contributed by atoms with Gasteiger partial charge in [0.1, 0.15) is 0 Å². The average Bonchev–Trinajstić information content (AvgIpc) is 2.27. The predicted octanol–water partition coefficient (Wildman–Crippen LogP) is 3.45. The molecule has 0 spiro atoms. The van der Waals surface area contributed by atoms with Crippen molar-refractivity contribution in [3.63, 3.8) is 0 Å². The number of carbonyl (C=O) groups is 1. The zero-order valence-corrected chi connectivity index (χ0v) is 9.69. The number of benzene rings is 1. The van der Waals surface area contributed by atoms with E-state index in [0.29, 0.717) is 12.2 Å². The lowest BCUT2D eigenvalue weighted by molar-refractivity contribution is 0.0526. The Morgan fingerprint density at radius 2 is 2.12 bits per heavy atom. The van der Waals surface area contributed by atoms with E-state index >= 15 is 0 Å². The van der Waals surface area contributed by atoms with E-state index in [2.05, 4.69) is 6.58 Å². The fourth-order valence-corrected chi connectivity index (χ4v) is 1.27. The number of rotatable bonds is 4. The monoisotopic (exact) mass is 216 g/mol. The molecule has 1 aromatic rings. The van der Waals surface area contributed by atoms with E-state index in [0.717, 1.165) is 11.1 Å². The molecule has 2 heteroatoms. The summed E-state index contributed by atoms with van der Waals surface area (Å²) in [7, 11) is 0. The third-order valence-corrected chi connectivity index (χ3v) is 2.00. The van der Waals surface area contributed by atoms with Gasteiger partial charge in [-0.3, -0.25) is 0 Å². The Morgan fingerprint density at radius 3 is 2.75 bits per heavy atom. The maximum atomic E-state index is 11.6. The Labute approximate surface area is 96.2 Å². The van der Waals surface area contributed by atoms with Crippen molar-refractivity contribution >= 4 is 12.0 Å². The van der Waals surface area contributed by atoms with Gasteiger partial charge in [-0.15, -0.1) is 0 Å². The van der Waals surface area contributed by atoms with Gasteiger partial charge < -0.3 is 4.74 Å². The van der Waals surface area contributed by atoms with Crippen molar-refractivity contribution in [3.8, 4) is 0 Å². The molecule has 1 aromatic carbocycles. The third-order valence-electron chi connectivity index (χ3n) is 2.00. The molecule has 0 aromatic heterocycles. The van der Waals surface area contributed by atoms with Crippen LogP contribution in [0, 0.1) is 0 Å². The van der Waals surface area contributed by atoms with Gasteiger partial charge in [0.05, 0.1) is 12.2 Å². The minimum atomic E-state index is -0.288. The van der Waals surface area contributed by atoms with E-state index < -0.39 is 0 Å². The number of hydrogen-bond donors (Lipinski definition) is 0. The first-order valence-corrected chi connectivity index (χ1v) is 5.25. The highest BCUT2D eigenvalue weighted by Crippen LogP contribution is 2.13. The van der Waals surface area contributed by atoms with Crippen LogP contribution in [0.2, 0.25) is 0 Å². The van der Waals surface area contributed by atoms with Crippen molar-refractivity contribution in [3.05, 3.63) is 53.6 Å². The Hall–Kier alpha value is -1.83. The van der Waals surface area contributed by atoms with Crippen molar-refractivity contribution in [1.82, 2.24) is 0 Å². The topological polar surface area (TPSA) is 26.3 Å². The van der Waals surface area contributed by atoms with Gasteiger partial charge in [0, 0.05) is 0 Å². The van der Waals surface area contributed by atoms with E-state index in [1.165, 1.54) is 0 Å². The Kier molecular flexibility index (Phi) is 4.52. The van der Waals surface area contributed by atoms with Crippen LogP contribution in [0.3, 0.4) is 0 Å². The third kappa shape index (κ3) is 3.39. The first-order valence-electron chi connectivity index (χ1n) is 5.25. The largest absolute Gasteiger partial charge is 0.462 e. The quantitative estimate of drug-likeness (QED) is 0.569. The summed E-state index contributed by atoms with van der Waals surface area (Å²) in [5.74, 6) is -0.288. The number of allylic oxidation sites excluding steroid dienone is 2. The van der Waals surface area contributed by atoms with Crippen LogP contribution in [0.1, 0.15) is 29.8 Å². The Balaban J connectivity index is 3.00. The van der Waals surface area contributed by atoms with Gasteiger partial charge in [0.15, 0.2) is 0 Å². The maximum absolute atomic E-state index is 11.6. The first kappa shape index (κ1) is 12.2. The molecule has 0 radical (unpaired) electrons. The molecular formula is C14H16O2. The van der Waals surface area contributed by atoms with Gasteiger partial charge in [-0.2, -0.15) is 0 Å². The summed E-state index contributed by atoms with van der Waals surface area (Å²) in [5, 5.41) is 0. The molecule has 16 heavy (non-hydrogen) atoms. The van der Waals surface area contributed by atoms with Crippen LogP contribution in [-0.2, 0) is 4.74 Å². The number of esters is 1. The molecular weight excluding hydrogens is 200 g/mol. The smallest absolute Gasteiger partial charge is 0.338 e. The number of hydrogen-bond acceptors (Lipinski definition) is 2. The zero-order valence-electron chi connectivity index (χ0n) is 9.69. The molecule has 0 N–H and O–H groups in total. The summed E-state index contributed by atoms with van der Waals surface area (Å²) in [6.45, 7) is 7.87. The fourth-order valence-electron chi connectivity index (χ4n) is 1.27. The van der Waals surface area contributed by atoms with Gasteiger partial charge in [-0.05, 0) is 25.5 Å². The molecule has 84 valence electrons. The molecule has 0 bridgehead atoms. The molecule has 0 fully saturated rings. The second-order valence-electron chi connectivity index (χ2n) is 3.49. The molecule has 0 amide bonds. The number of ether oxygens (including phenoxy) is 1. The molecule has 0 saturated heterocycles. The second-order valence-corrected chi connectivity index (χ2v) is 3.49. The first-order chi connectivity index (χ1) is 7.65. The minimum absolute atomic E-state index is 0.288. The van der Waals surface area contributed by atoms with Crippen molar-refractivity contribution < 1.29 is 9.53 Å². The van der Waals surface area contributed by atoms with E-state index in [-0.39, 0.29) is 5.97 Å². The van der Waals surface area contributed by atoms with E-state index in [9.17, 15) is 4.79 Å². The Morgan fingerprint density at radius 1 is 1.44 bits per heavy atom. The fraction of sp³-hybridized carbons (Fsp3) is 0.214. The van der Waals surface area contributed by atoms with E-state index in [4.69, 9.17) is 4.74 Å². The molecule has 0 atom stereocenters. The highest BCUT2D eigenvalue weighted by molar-refractivity contribution is 5.93. The summed E-state index contributed by atoms with van der Waals surface area (Å²) in [5.41, 5.74) is 2.38. The zero-order chi connectivity index (χ0) is 12.0. The van der Waals surface area contributed by atoms with Gasteiger partial charge in [0.2, 0.25) is 0 Å². The summed E-state index contributed by atoms with van der Waals surface area (Å²) in [4.78, 5) is 11.6. The van der Waals surface area contributed by atoms with E-state index in [1.807, 2.05) is 37.3 Å².